The highest BCUT2D eigenvalue weighted by molar-refractivity contribution is 5.97. The molecule has 1 aliphatic carbocycles. The van der Waals surface area contributed by atoms with Crippen LogP contribution in [-0.2, 0) is 21.4 Å². The van der Waals surface area contributed by atoms with Crippen molar-refractivity contribution in [1.29, 1.82) is 0 Å². The summed E-state index contributed by atoms with van der Waals surface area (Å²) in [6, 6.07) is 20.8. The van der Waals surface area contributed by atoms with Crippen molar-refractivity contribution in [3.05, 3.63) is 101 Å². The minimum absolute atomic E-state index is 0.259. The second kappa shape index (κ2) is 7.43. The highest BCUT2D eigenvalue weighted by Gasteiger charge is 2.48. The minimum atomic E-state index is -0.588. The van der Waals surface area contributed by atoms with Crippen LogP contribution in [0.4, 0.5) is 0 Å². The highest BCUT2D eigenvalue weighted by Crippen LogP contribution is 2.54. The van der Waals surface area contributed by atoms with Gasteiger partial charge in [0.25, 0.3) is 0 Å². The molecule has 0 aliphatic heterocycles. The smallest absolute Gasteiger partial charge is 0.334 e. The molecule has 0 saturated carbocycles. The zero-order chi connectivity index (χ0) is 19.6. The molecule has 0 unspecified atom stereocenters. The summed E-state index contributed by atoms with van der Waals surface area (Å²) >= 11 is 0. The molecule has 0 bridgehead atoms. The summed E-state index contributed by atoms with van der Waals surface area (Å²) in [7, 11) is 0. The van der Waals surface area contributed by atoms with Crippen molar-refractivity contribution in [2.24, 2.45) is 0 Å². The van der Waals surface area contributed by atoms with Crippen molar-refractivity contribution in [2.75, 3.05) is 6.61 Å². The van der Waals surface area contributed by atoms with E-state index in [4.69, 9.17) is 4.74 Å². The molecule has 2 aromatic carbocycles. The summed E-state index contributed by atoms with van der Waals surface area (Å²) in [5.41, 5.74) is 5.87. The van der Waals surface area contributed by atoms with E-state index in [9.17, 15) is 4.79 Å². The molecule has 0 N–H and O–H groups in total. The summed E-state index contributed by atoms with van der Waals surface area (Å²) in [5, 5.41) is 0. The van der Waals surface area contributed by atoms with Gasteiger partial charge < -0.3 is 4.74 Å². The third-order valence-electron chi connectivity index (χ3n) is 5.53. The van der Waals surface area contributed by atoms with E-state index in [1.165, 1.54) is 11.1 Å². The number of rotatable bonds is 5. The number of carbonyl (C=O) groups is 1. The first kappa shape index (κ1) is 18.2. The first-order chi connectivity index (χ1) is 13.7. The van der Waals surface area contributed by atoms with Gasteiger partial charge in [0.1, 0.15) is 0 Å². The highest BCUT2D eigenvalue weighted by atomic mass is 16.5. The fraction of sp³-hybridized carbons (Fsp3) is 0.200. The summed E-state index contributed by atoms with van der Waals surface area (Å²) < 4.78 is 5.48. The van der Waals surface area contributed by atoms with Crippen molar-refractivity contribution < 1.29 is 9.53 Å². The van der Waals surface area contributed by atoms with Crippen molar-refractivity contribution in [3.63, 3.8) is 0 Å². The summed E-state index contributed by atoms with van der Waals surface area (Å²) in [4.78, 5) is 17.2. The van der Waals surface area contributed by atoms with E-state index in [1.807, 2.05) is 44.2 Å². The Morgan fingerprint density at radius 1 is 0.964 bits per heavy atom. The van der Waals surface area contributed by atoms with Gasteiger partial charge >= 0.3 is 5.97 Å². The molecule has 140 valence electrons. The molecule has 0 fully saturated rings. The van der Waals surface area contributed by atoms with Crippen molar-refractivity contribution in [2.45, 2.75) is 25.7 Å². The molecule has 3 aromatic rings. The van der Waals surface area contributed by atoms with Crippen molar-refractivity contribution in [3.8, 4) is 11.1 Å². The van der Waals surface area contributed by atoms with Crippen LogP contribution in [0.1, 0.15) is 30.5 Å². The maximum atomic E-state index is 13.1. The van der Waals surface area contributed by atoms with Gasteiger partial charge in [-0.3, -0.25) is 4.98 Å². The van der Waals surface area contributed by atoms with Crippen LogP contribution in [0.3, 0.4) is 0 Å². The largest absolute Gasteiger partial charge is 0.463 e. The number of allylic oxidation sites excluding steroid dienone is 1. The van der Waals surface area contributed by atoms with Crippen LogP contribution in [0, 0.1) is 0 Å². The van der Waals surface area contributed by atoms with Gasteiger partial charge in [0.2, 0.25) is 0 Å². The third-order valence-corrected chi connectivity index (χ3v) is 5.53. The van der Waals surface area contributed by atoms with Crippen LogP contribution in [0.2, 0.25) is 0 Å². The number of fused-ring (bicyclic) bond motifs is 3. The lowest BCUT2D eigenvalue weighted by Crippen LogP contribution is -2.35. The number of aromatic nitrogens is 1. The van der Waals surface area contributed by atoms with E-state index in [0.717, 1.165) is 16.7 Å². The van der Waals surface area contributed by atoms with E-state index < -0.39 is 5.41 Å². The van der Waals surface area contributed by atoms with E-state index in [0.29, 0.717) is 18.6 Å². The lowest BCUT2D eigenvalue weighted by molar-refractivity contribution is -0.139. The lowest BCUT2D eigenvalue weighted by atomic mass is 9.68. The molecule has 28 heavy (non-hydrogen) atoms. The number of benzene rings is 2. The van der Waals surface area contributed by atoms with Gasteiger partial charge in [-0.2, -0.15) is 0 Å². The summed E-state index contributed by atoms with van der Waals surface area (Å²) in [6.07, 6.45) is 6.19. The Morgan fingerprint density at radius 3 is 2.07 bits per heavy atom. The predicted molar refractivity (Wildman–Crippen MR) is 111 cm³/mol. The molecule has 1 aliphatic rings. The Morgan fingerprint density at radius 2 is 1.54 bits per heavy atom. The molecule has 4 rings (SSSR count). The Kier molecular flexibility index (Phi) is 4.82. The van der Waals surface area contributed by atoms with Crippen LogP contribution in [0.25, 0.3) is 11.1 Å². The molecule has 1 aromatic heterocycles. The monoisotopic (exact) mass is 369 g/mol. The molecule has 3 nitrogen and oxygen atoms in total. The molecule has 1 heterocycles. The summed E-state index contributed by atoms with van der Waals surface area (Å²) in [6.45, 7) is 4.12. The minimum Gasteiger partial charge on any atom is -0.463 e. The quantitative estimate of drug-likeness (QED) is 0.464. The molecule has 0 atom stereocenters. The zero-order valence-corrected chi connectivity index (χ0v) is 16.2. The maximum Gasteiger partial charge on any atom is 0.334 e. The van der Waals surface area contributed by atoms with Gasteiger partial charge in [-0.25, -0.2) is 4.79 Å². The van der Waals surface area contributed by atoms with Gasteiger partial charge in [0.05, 0.1) is 12.0 Å². The zero-order valence-electron chi connectivity index (χ0n) is 16.2. The Bertz CT molecular complexity index is 992. The second-order valence-electron chi connectivity index (χ2n) is 6.95. The molecular formula is C25H23NO2. The van der Waals surface area contributed by atoms with Gasteiger partial charge in [-0.05, 0) is 60.2 Å². The van der Waals surface area contributed by atoms with E-state index in [2.05, 4.69) is 41.4 Å². The van der Waals surface area contributed by atoms with Crippen LogP contribution in [-0.4, -0.2) is 17.6 Å². The van der Waals surface area contributed by atoms with Gasteiger partial charge in [-0.1, -0.05) is 54.6 Å². The number of carbonyl (C=O) groups excluding carboxylic acids is 1. The standard InChI is InChI=1S/C25H23NO2/c1-3-21(24(27)28-4-2)25(17-18-13-15-26-16-14-18)22-11-7-5-9-19(22)20-10-6-8-12-23(20)25/h3,5-16H,4,17H2,1-2H3. The van der Waals surface area contributed by atoms with Crippen molar-refractivity contribution in [1.82, 2.24) is 4.98 Å². The average Bonchev–Trinajstić information content (AvgIpc) is 3.01. The molecular weight excluding hydrogens is 346 g/mol. The summed E-state index contributed by atoms with van der Waals surface area (Å²) in [5.74, 6) is -0.259. The van der Waals surface area contributed by atoms with Gasteiger partial charge in [0.15, 0.2) is 0 Å². The number of ether oxygens (including phenoxy) is 1. The fourth-order valence-electron chi connectivity index (χ4n) is 4.46. The Balaban J connectivity index is 2.03. The number of hydrogen-bond donors (Lipinski definition) is 0. The average molecular weight is 369 g/mol. The van der Waals surface area contributed by atoms with Crippen LogP contribution < -0.4 is 0 Å². The lowest BCUT2D eigenvalue weighted by Gasteiger charge is -2.34. The van der Waals surface area contributed by atoms with Crippen LogP contribution in [0.15, 0.2) is 84.7 Å². The Hall–Kier alpha value is -3.20. The van der Waals surface area contributed by atoms with Crippen LogP contribution in [0.5, 0.6) is 0 Å². The van der Waals surface area contributed by atoms with E-state index in [-0.39, 0.29) is 5.97 Å². The SMILES string of the molecule is CC=C(C(=O)OCC)C1(Cc2ccncc2)c2ccccc2-c2ccccc21. The number of hydrogen-bond acceptors (Lipinski definition) is 3. The number of pyridine rings is 1. The topological polar surface area (TPSA) is 39.2 Å². The first-order valence-corrected chi connectivity index (χ1v) is 9.64. The number of nitrogens with zero attached hydrogens (tertiary/aromatic N) is 1. The third kappa shape index (κ3) is 2.75. The van der Waals surface area contributed by atoms with E-state index in [1.54, 1.807) is 12.4 Å². The molecule has 3 heteroatoms. The number of esters is 1. The van der Waals surface area contributed by atoms with Crippen LogP contribution >= 0.6 is 0 Å². The second-order valence-corrected chi connectivity index (χ2v) is 6.95. The Labute approximate surface area is 165 Å². The van der Waals surface area contributed by atoms with E-state index >= 15 is 0 Å². The van der Waals surface area contributed by atoms with Crippen molar-refractivity contribution >= 4 is 5.97 Å². The molecule has 0 amide bonds. The van der Waals surface area contributed by atoms with Gasteiger partial charge in [-0.15, -0.1) is 0 Å². The predicted octanol–water partition coefficient (Wildman–Crippen LogP) is 5.10. The van der Waals surface area contributed by atoms with Gasteiger partial charge in [0, 0.05) is 18.0 Å². The first-order valence-electron chi connectivity index (χ1n) is 9.64. The molecule has 0 radical (unpaired) electrons. The normalized spacial score (nSPS) is 14.3. The fourth-order valence-corrected chi connectivity index (χ4v) is 4.46. The molecule has 0 spiro atoms. The maximum absolute atomic E-state index is 13.1. The molecule has 0 saturated heterocycles.